The Morgan fingerprint density at radius 1 is 1.50 bits per heavy atom. The molecule has 0 spiro atoms. The average molecular weight is 253 g/mol. The third-order valence-electron chi connectivity index (χ3n) is 2.15. The zero-order valence-corrected chi connectivity index (χ0v) is 10.5. The van der Waals surface area contributed by atoms with Crippen LogP contribution in [0.2, 0.25) is 0 Å². The number of hydrogen-bond donors (Lipinski definition) is 0. The quantitative estimate of drug-likeness (QED) is 0.560. The lowest BCUT2D eigenvalue weighted by molar-refractivity contribution is -0.107. The highest BCUT2D eigenvalue weighted by atomic mass is 32.2. The topological polar surface area (TPSA) is 44.7 Å². The molecule has 0 aromatic heterocycles. The molecule has 1 rings (SSSR count). The summed E-state index contributed by atoms with van der Waals surface area (Å²) in [4.78, 5) is 0. The Hall–Kier alpha value is -0.200. The minimum absolute atomic E-state index is 0.0197. The van der Waals surface area contributed by atoms with E-state index >= 15 is 0 Å². The Kier molecular flexibility index (Phi) is 4.31. The monoisotopic (exact) mass is 253 g/mol. The number of alkyl halides is 2. The predicted octanol–water partition coefficient (Wildman–Crippen LogP) is 2.33. The van der Waals surface area contributed by atoms with E-state index in [0.717, 1.165) is 0 Å². The second-order valence-electron chi connectivity index (χ2n) is 4.84. The second-order valence-corrected chi connectivity index (χ2v) is 6.77. The first-order chi connectivity index (χ1) is 7.21. The molecule has 0 aromatic carbocycles. The summed E-state index contributed by atoms with van der Waals surface area (Å²) in [6.45, 7) is 5.34. The Labute approximate surface area is 97.6 Å². The largest absolute Gasteiger partial charge is 0.591 e. The van der Waals surface area contributed by atoms with E-state index in [9.17, 15) is 13.3 Å². The van der Waals surface area contributed by atoms with Crippen LogP contribution in [0.4, 0.5) is 8.78 Å². The molecule has 6 heteroatoms. The predicted molar refractivity (Wildman–Crippen MR) is 60.3 cm³/mol. The fraction of sp³-hybridized carbons (Fsp3) is 0.900. The molecule has 0 radical (unpaired) electrons. The van der Waals surface area contributed by atoms with Gasteiger partial charge < -0.3 is 9.29 Å². The summed E-state index contributed by atoms with van der Waals surface area (Å²) in [7, 11) is 0. The van der Waals surface area contributed by atoms with Crippen molar-refractivity contribution in [2.24, 2.45) is 4.40 Å². The minimum atomic E-state index is -2.70. The maximum absolute atomic E-state index is 13.0. The number of halogens is 2. The molecule has 1 fully saturated rings. The average Bonchev–Trinajstić information content (AvgIpc) is 2.11. The molecule has 0 saturated carbocycles. The van der Waals surface area contributed by atoms with Crippen LogP contribution >= 0.6 is 0 Å². The summed E-state index contributed by atoms with van der Waals surface area (Å²) in [5.41, 5.74) is 0. The molecular weight excluding hydrogens is 236 g/mol. The van der Waals surface area contributed by atoms with Gasteiger partial charge in [-0.05, 0) is 20.8 Å². The van der Waals surface area contributed by atoms with E-state index in [-0.39, 0.29) is 19.4 Å². The van der Waals surface area contributed by atoms with Crippen molar-refractivity contribution in [1.29, 1.82) is 0 Å². The van der Waals surface area contributed by atoms with Gasteiger partial charge in [-0.2, -0.15) is 0 Å². The van der Waals surface area contributed by atoms with Crippen LogP contribution < -0.4 is 0 Å². The van der Waals surface area contributed by atoms with Crippen LogP contribution in [0.15, 0.2) is 4.40 Å². The summed E-state index contributed by atoms with van der Waals surface area (Å²) in [6.07, 6.45) is -0.110. The van der Waals surface area contributed by atoms with Crippen LogP contribution in [0.1, 0.15) is 33.6 Å². The summed E-state index contributed by atoms with van der Waals surface area (Å²) in [5, 5.41) is 0. The smallest absolute Gasteiger partial charge is 0.253 e. The highest BCUT2D eigenvalue weighted by molar-refractivity contribution is 7.91. The van der Waals surface area contributed by atoms with Crippen molar-refractivity contribution in [3.05, 3.63) is 0 Å². The molecule has 0 bridgehead atoms. The van der Waals surface area contributed by atoms with E-state index in [1.807, 2.05) is 0 Å². The van der Waals surface area contributed by atoms with Crippen molar-refractivity contribution in [1.82, 2.24) is 0 Å². The fourth-order valence-corrected chi connectivity index (χ4v) is 1.75. The number of rotatable bonds is 2. The zero-order valence-electron chi connectivity index (χ0n) is 9.70. The zero-order chi connectivity index (χ0) is 12.4. The van der Waals surface area contributed by atoms with E-state index in [1.165, 1.54) is 6.21 Å². The van der Waals surface area contributed by atoms with E-state index in [2.05, 4.69) is 4.40 Å². The van der Waals surface area contributed by atoms with Gasteiger partial charge >= 0.3 is 0 Å². The first-order valence-corrected chi connectivity index (χ1v) is 6.27. The molecule has 0 aliphatic carbocycles. The Bertz CT molecular complexity index is 266. The molecular formula is C10H17F2NO2S. The first-order valence-electron chi connectivity index (χ1n) is 5.16. The van der Waals surface area contributed by atoms with E-state index < -0.39 is 28.1 Å². The standard InChI is InChI=1S/C10H17F2NO2S/c1-9(2,3)16(14)13-7-8-6-10(11,12)4-5-15-8/h7-8H,4-6H2,1-3H3/t8-,16?/m1/s1. The number of ether oxygens (including phenoxy) is 1. The van der Waals surface area contributed by atoms with Crippen LogP contribution in [0.25, 0.3) is 0 Å². The third kappa shape index (κ3) is 4.35. The van der Waals surface area contributed by atoms with Gasteiger partial charge in [-0.1, -0.05) is 4.40 Å². The van der Waals surface area contributed by atoms with Crippen molar-refractivity contribution in [3.63, 3.8) is 0 Å². The van der Waals surface area contributed by atoms with Crippen LogP contribution in [0, 0.1) is 0 Å². The van der Waals surface area contributed by atoms with Crippen molar-refractivity contribution in [2.45, 2.75) is 50.4 Å². The molecule has 1 aliphatic heterocycles. The Morgan fingerprint density at radius 3 is 2.62 bits per heavy atom. The molecule has 0 N–H and O–H groups in total. The van der Waals surface area contributed by atoms with Crippen molar-refractivity contribution >= 4 is 17.6 Å². The van der Waals surface area contributed by atoms with Gasteiger partial charge in [-0.3, -0.25) is 0 Å². The lowest BCUT2D eigenvalue weighted by atomic mass is 10.1. The molecule has 1 heterocycles. The molecule has 2 atom stereocenters. The van der Waals surface area contributed by atoms with Gasteiger partial charge in [0, 0.05) is 12.8 Å². The van der Waals surface area contributed by atoms with Gasteiger partial charge in [0.15, 0.2) is 0 Å². The van der Waals surface area contributed by atoms with Crippen molar-refractivity contribution in [2.75, 3.05) is 6.61 Å². The van der Waals surface area contributed by atoms with Gasteiger partial charge in [-0.15, -0.1) is 0 Å². The molecule has 1 unspecified atom stereocenters. The highest BCUT2D eigenvalue weighted by Gasteiger charge is 2.37. The lowest BCUT2D eigenvalue weighted by Crippen LogP contribution is -2.35. The van der Waals surface area contributed by atoms with E-state index in [4.69, 9.17) is 4.74 Å². The van der Waals surface area contributed by atoms with Crippen molar-refractivity contribution < 1.29 is 18.1 Å². The molecule has 16 heavy (non-hydrogen) atoms. The first kappa shape index (κ1) is 13.9. The van der Waals surface area contributed by atoms with Gasteiger partial charge in [0.25, 0.3) is 5.92 Å². The van der Waals surface area contributed by atoms with E-state index in [1.54, 1.807) is 20.8 Å². The Morgan fingerprint density at radius 2 is 2.12 bits per heavy atom. The molecule has 1 aliphatic rings. The molecule has 0 aromatic rings. The number of nitrogens with zero attached hydrogens (tertiary/aromatic N) is 1. The van der Waals surface area contributed by atoms with Gasteiger partial charge in [-0.25, -0.2) is 8.78 Å². The Balaban J connectivity index is 2.51. The van der Waals surface area contributed by atoms with Crippen LogP contribution in [-0.4, -0.2) is 34.1 Å². The molecule has 3 nitrogen and oxygen atoms in total. The normalized spacial score (nSPS) is 28.2. The van der Waals surface area contributed by atoms with Gasteiger partial charge in [0.2, 0.25) is 0 Å². The summed E-state index contributed by atoms with van der Waals surface area (Å²) >= 11 is -1.42. The van der Waals surface area contributed by atoms with Crippen LogP contribution in [-0.2, 0) is 16.1 Å². The fourth-order valence-electron chi connectivity index (χ4n) is 1.19. The molecule has 1 saturated heterocycles. The van der Waals surface area contributed by atoms with E-state index in [0.29, 0.717) is 0 Å². The minimum Gasteiger partial charge on any atom is -0.591 e. The molecule has 94 valence electrons. The van der Waals surface area contributed by atoms with Crippen LogP contribution in [0.5, 0.6) is 0 Å². The summed E-state index contributed by atoms with van der Waals surface area (Å²) < 4.78 is 45.9. The second kappa shape index (κ2) is 4.98. The summed E-state index contributed by atoms with van der Waals surface area (Å²) in [6, 6.07) is 0. The lowest BCUT2D eigenvalue weighted by Gasteiger charge is -2.27. The van der Waals surface area contributed by atoms with Gasteiger partial charge in [0.05, 0.1) is 12.8 Å². The summed E-state index contributed by atoms with van der Waals surface area (Å²) in [5.74, 6) is -2.70. The highest BCUT2D eigenvalue weighted by Crippen LogP contribution is 2.29. The van der Waals surface area contributed by atoms with Crippen LogP contribution in [0.3, 0.4) is 0 Å². The molecule has 0 amide bonds. The third-order valence-corrected chi connectivity index (χ3v) is 3.51. The van der Waals surface area contributed by atoms with Crippen molar-refractivity contribution in [3.8, 4) is 0 Å². The van der Waals surface area contributed by atoms with Gasteiger partial charge in [0.1, 0.15) is 22.2 Å². The maximum atomic E-state index is 13.0. The number of hydrogen-bond acceptors (Lipinski definition) is 3. The SMILES string of the molecule is CC(C)(C)[S+]([O-])N=C[C@H]1CC(F)(F)CCO1. The maximum Gasteiger partial charge on any atom is 0.253 e.